The number of rotatable bonds is 5. The van der Waals surface area contributed by atoms with E-state index in [1.54, 1.807) is 6.07 Å². The summed E-state index contributed by atoms with van der Waals surface area (Å²) in [5.41, 5.74) is 6.70. The molecule has 0 radical (unpaired) electrons. The van der Waals surface area contributed by atoms with Gasteiger partial charge in [0.2, 0.25) is 5.95 Å². The van der Waals surface area contributed by atoms with Crippen molar-refractivity contribution in [1.82, 2.24) is 9.97 Å². The summed E-state index contributed by atoms with van der Waals surface area (Å²) >= 11 is 3.45. The first kappa shape index (κ1) is 19.6. The number of phenolic OH excluding ortho intramolecular Hbond substituents is 2. The van der Waals surface area contributed by atoms with Gasteiger partial charge in [0.1, 0.15) is 11.5 Å². The van der Waals surface area contributed by atoms with Crippen molar-refractivity contribution < 1.29 is 10.2 Å². The van der Waals surface area contributed by atoms with Crippen molar-refractivity contribution in [3.63, 3.8) is 0 Å². The lowest BCUT2D eigenvalue weighted by molar-refractivity contribution is 0.450. The lowest BCUT2D eigenvalue weighted by Crippen LogP contribution is -2.00. The average Bonchev–Trinajstić information content (AvgIpc) is 2.76. The van der Waals surface area contributed by atoms with Crippen molar-refractivity contribution in [2.45, 2.75) is 0 Å². The summed E-state index contributed by atoms with van der Waals surface area (Å²) in [6.07, 6.45) is 1.44. The Hall–Kier alpha value is -3.71. The van der Waals surface area contributed by atoms with Crippen molar-refractivity contribution >= 4 is 28.1 Å². The number of hydrazone groups is 1. The van der Waals surface area contributed by atoms with E-state index in [9.17, 15) is 10.2 Å². The zero-order valence-corrected chi connectivity index (χ0v) is 17.3. The van der Waals surface area contributed by atoms with Crippen LogP contribution in [0.5, 0.6) is 11.5 Å². The number of aromatic hydroxyl groups is 2. The van der Waals surface area contributed by atoms with Gasteiger partial charge >= 0.3 is 0 Å². The molecule has 0 fully saturated rings. The van der Waals surface area contributed by atoms with Gasteiger partial charge in [0, 0.05) is 27.2 Å². The average molecular weight is 461 g/mol. The van der Waals surface area contributed by atoms with Gasteiger partial charge in [-0.25, -0.2) is 15.4 Å². The van der Waals surface area contributed by atoms with Crippen LogP contribution in [0.1, 0.15) is 5.56 Å². The number of phenols is 2. The van der Waals surface area contributed by atoms with Crippen molar-refractivity contribution in [1.29, 1.82) is 0 Å². The van der Waals surface area contributed by atoms with E-state index in [0.717, 1.165) is 27.0 Å². The minimum Gasteiger partial charge on any atom is -0.508 e. The van der Waals surface area contributed by atoms with E-state index in [1.807, 2.05) is 60.7 Å². The van der Waals surface area contributed by atoms with Gasteiger partial charge in [0.05, 0.1) is 17.6 Å². The second-order valence-corrected chi connectivity index (χ2v) is 7.36. The monoisotopic (exact) mass is 460 g/mol. The topological polar surface area (TPSA) is 90.6 Å². The SMILES string of the molecule is Oc1ccc(C=NNc2nc(-c3ccccc3)cc(-c3ccc(Br)cc3)n2)c(O)c1. The summed E-state index contributed by atoms with van der Waals surface area (Å²) in [5.74, 6) is 0.231. The van der Waals surface area contributed by atoms with Crippen LogP contribution in [0.15, 0.2) is 88.4 Å². The Morgan fingerprint density at radius 1 is 0.800 bits per heavy atom. The molecular weight excluding hydrogens is 444 g/mol. The Kier molecular flexibility index (Phi) is 5.72. The van der Waals surface area contributed by atoms with Crippen LogP contribution in [0.2, 0.25) is 0 Å². The Balaban J connectivity index is 1.68. The van der Waals surface area contributed by atoms with E-state index < -0.39 is 0 Å². The highest BCUT2D eigenvalue weighted by Crippen LogP contribution is 2.26. The Morgan fingerprint density at radius 2 is 1.47 bits per heavy atom. The minimum absolute atomic E-state index is 0.0179. The van der Waals surface area contributed by atoms with Crippen molar-refractivity contribution in [3.05, 3.63) is 88.9 Å². The third kappa shape index (κ3) is 4.64. The third-order valence-electron chi connectivity index (χ3n) is 4.32. The first-order chi connectivity index (χ1) is 14.6. The normalized spacial score (nSPS) is 11.0. The zero-order chi connectivity index (χ0) is 20.9. The third-order valence-corrected chi connectivity index (χ3v) is 4.85. The van der Waals surface area contributed by atoms with E-state index in [4.69, 9.17) is 0 Å². The molecule has 0 bridgehead atoms. The maximum atomic E-state index is 9.88. The first-order valence-electron chi connectivity index (χ1n) is 9.10. The number of benzene rings is 3. The lowest BCUT2D eigenvalue weighted by atomic mass is 10.1. The molecule has 0 aliphatic heterocycles. The molecule has 0 saturated carbocycles. The van der Waals surface area contributed by atoms with Gasteiger partial charge < -0.3 is 10.2 Å². The fourth-order valence-electron chi connectivity index (χ4n) is 2.82. The smallest absolute Gasteiger partial charge is 0.244 e. The Morgan fingerprint density at radius 3 is 2.13 bits per heavy atom. The quantitative estimate of drug-likeness (QED) is 0.272. The van der Waals surface area contributed by atoms with Crippen molar-refractivity contribution in [2.75, 3.05) is 5.43 Å². The molecule has 0 atom stereocenters. The van der Waals surface area contributed by atoms with Crippen LogP contribution in [0, 0.1) is 0 Å². The molecule has 0 spiro atoms. The fourth-order valence-corrected chi connectivity index (χ4v) is 3.09. The summed E-state index contributed by atoms with van der Waals surface area (Å²) in [4.78, 5) is 9.14. The number of hydrogen-bond donors (Lipinski definition) is 3. The largest absolute Gasteiger partial charge is 0.508 e. The Labute approximate surface area is 181 Å². The molecule has 0 saturated heterocycles. The molecule has 30 heavy (non-hydrogen) atoms. The van der Waals surface area contributed by atoms with Crippen LogP contribution in [0.25, 0.3) is 22.5 Å². The van der Waals surface area contributed by atoms with Crippen molar-refractivity contribution in [3.8, 4) is 34.0 Å². The van der Waals surface area contributed by atoms with Gasteiger partial charge in [-0.05, 0) is 30.3 Å². The number of anilines is 1. The van der Waals surface area contributed by atoms with Crippen LogP contribution in [0.4, 0.5) is 5.95 Å². The van der Waals surface area contributed by atoms with E-state index in [0.29, 0.717) is 11.5 Å². The number of aromatic nitrogens is 2. The minimum atomic E-state index is -0.0740. The molecule has 7 heteroatoms. The van der Waals surface area contributed by atoms with E-state index in [1.165, 1.54) is 18.3 Å². The second-order valence-electron chi connectivity index (χ2n) is 6.45. The molecule has 0 aliphatic rings. The highest BCUT2D eigenvalue weighted by atomic mass is 79.9. The van der Waals surface area contributed by atoms with Gasteiger partial charge in [-0.15, -0.1) is 0 Å². The molecule has 6 nitrogen and oxygen atoms in total. The predicted octanol–water partition coefficient (Wildman–Crippen LogP) is 5.43. The number of nitrogens with zero attached hydrogens (tertiary/aromatic N) is 3. The zero-order valence-electron chi connectivity index (χ0n) is 15.7. The summed E-state index contributed by atoms with van der Waals surface area (Å²) < 4.78 is 0.986. The van der Waals surface area contributed by atoms with Crippen LogP contribution in [-0.2, 0) is 0 Å². The molecule has 1 heterocycles. The van der Waals surface area contributed by atoms with E-state index in [-0.39, 0.29) is 11.5 Å². The van der Waals surface area contributed by atoms with Crippen LogP contribution >= 0.6 is 15.9 Å². The Bertz CT molecular complexity index is 1200. The molecule has 148 valence electrons. The molecule has 0 unspecified atom stereocenters. The van der Waals surface area contributed by atoms with Crippen molar-refractivity contribution in [2.24, 2.45) is 5.10 Å². The van der Waals surface area contributed by atoms with Gasteiger partial charge in [-0.3, -0.25) is 0 Å². The maximum Gasteiger partial charge on any atom is 0.244 e. The van der Waals surface area contributed by atoms with Gasteiger partial charge in [0.25, 0.3) is 0 Å². The summed E-state index contributed by atoms with van der Waals surface area (Å²) in [5, 5.41) is 23.4. The predicted molar refractivity (Wildman–Crippen MR) is 122 cm³/mol. The second kappa shape index (κ2) is 8.75. The van der Waals surface area contributed by atoms with E-state index >= 15 is 0 Å². The molecule has 0 amide bonds. The summed E-state index contributed by atoms with van der Waals surface area (Å²) in [6, 6.07) is 23.9. The van der Waals surface area contributed by atoms with Gasteiger partial charge in [-0.1, -0.05) is 58.4 Å². The van der Waals surface area contributed by atoms with E-state index in [2.05, 4.69) is 36.4 Å². The van der Waals surface area contributed by atoms with Gasteiger partial charge in [-0.2, -0.15) is 5.10 Å². The molecule has 4 aromatic rings. The lowest BCUT2D eigenvalue weighted by Gasteiger charge is -2.08. The summed E-state index contributed by atoms with van der Waals surface area (Å²) in [7, 11) is 0. The fraction of sp³-hybridized carbons (Fsp3) is 0. The highest BCUT2D eigenvalue weighted by molar-refractivity contribution is 9.10. The number of halogens is 1. The molecule has 3 N–H and O–H groups in total. The van der Waals surface area contributed by atoms with Crippen LogP contribution in [-0.4, -0.2) is 26.4 Å². The molecule has 1 aromatic heterocycles. The number of hydrogen-bond acceptors (Lipinski definition) is 6. The molecular formula is C23H17BrN4O2. The van der Waals surface area contributed by atoms with Crippen LogP contribution in [0.3, 0.4) is 0 Å². The van der Waals surface area contributed by atoms with Gasteiger partial charge in [0.15, 0.2) is 0 Å². The maximum absolute atomic E-state index is 9.88. The summed E-state index contributed by atoms with van der Waals surface area (Å²) in [6.45, 7) is 0. The number of nitrogens with one attached hydrogen (secondary N) is 1. The highest BCUT2D eigenvalue weighted by Gasteiger charge is 2.08. The molecule has 3 aromatic carbocycles. The van der Waals surface area contributed by atoms with Crippen LogP contribution < -0.4 is 5.43 Å². The standard InChI is InChI=1S/C23H17BrN4O2/c24-18-9-6-16(7-10-18)21-13-20(15-4-2-1-3-5-15)26-23(27-21)28-25-14-17-8-11-19(29)12-22(17)30/h1-14,29-30H,(H,26,27,28). The molecule has 4 rings (SSSR count). The first-order valence-corrected chi connectivity index (χ1v) is 9.89. The molecule has 0 aliphatic carbocycles.